The van der Waals surface area contributed by atoms with Crippen molar-refractivity contribution in [1.29, 1.82) is 0 Å². The fourth-order valence-electron chi connectivity index (χ4n) is 2.48. The van der Waals surface area contributed by atoms with Gasteiger partial charge < -0.3 is 9.52 Å². The van der Waals surface area contributed by atoms with Crippen molar-refractivity contribution >= 4 is 11.5 Å². The molecule has 1 N–H and O–H groups in total. The van der Waals surface area contributed by atoms with Crippen LogP contribution in [-0.2, 0) is 0 Å². The second-order valence-corrected chi connectivity index (χ2v) is 6.63. The summed E-state index contributed by atoms with van der Waals surface area (Å²) in [5.41, 5.74) is 1.65. The number of hydrogen-bond acceptors (Lipinski definition) is 4. The van der Waals surface area contributed by atoms with Crippen LogP contribution in [0.25, 0.3) is 17.0 Å². The van der Waals surface area contributed by atoms with Crippen LogP contribution in [0.2, 0.25) is 0 Å². The fourth-order valence-corrected chi connectivity index (χ4v) is 2.48. The van der Waals surface area contributed by atoms with Gasteiger partial charge in [0, 0.05) is 11.1 Å². The summed E-state index contributed by atoms with van der Waals surface area (Å²) in [6, 6.07) is 6.43. The second-order valence-electron chi connectivity index (χ2n) is 6.63. The van der Waals surface area contributed by atoms with Crippen molar-refractivity contribution < 1.29 is 14.3 Å². The van der Waals surface area contributed by atoms with Crippen LogP contribution in [0.4, 0.5) is 0 Å². The molecule has 1 aromatic heterocycles. The molecule has 0 saturated carbocycles. The van der Waals surface area contributed by atoms with Gasteiger partial charge in [-0.2, -0.15) is 0 Å². The van der Waals surface area contributed by atoms with Crippen molar-refractivity contribution in [3.63, 3.8) is 0 Å². The maximum atomic E-state index is 11.1. The Morgan fingerprint density at radius 3 is 2.41 bits per heavy atom. The summed E-state index contributed by atoms with van der Waals surface area (Å²) in [7, 11) is 0. The highest BCUT2D eigenvalue weighted by atomic mass is 16.4. The van der Waals surface area contributed by atoms with E-state index < -0.39 is 5.97 Å². The molecule has 0 aliphatic rings. The monoisotopic (exact) mass is 438 g/mol. The predicted molar refractivity (Wildman–Crippen MR) is 135 cm³/mol. The normalized spacial score (nSPS) is 12.0. The van der Waals surface area contributed by atoms with E-state index in [-0.39, 0.29) is 11.5 Å². The van der Waals surface area contributed by atoms with Crippen molar-refractivity contribution in [3.8, 4) is 11.5 Å². The molecule has 0 aliphatic heterocycles. The molecular weight excluding hydrogens is 400 g/mol. The lowest BCUT2D eigenvalue weighted by atomic mass is 10.0. The molecule has 2 rings (SSSR count). The number of carbonyl (C=O) groups is 1. The number of allylic oxidation sites excluding steroid dienone is 7. The minimum absolute atomic E-state index is 0.182. The van der Waals surface area contributed by atoms with E-state index in [4.69, 9.17) is 9.52 Å². The number of rotatable bonds is 9. The van der Waals surface area contributed by atoms with Crippen LogP contribution in [-0.4, -0.2) is 21.3 Å². The number of carboxylic acids is 1. The van der Waals surface area contributed by atoms with Crippen LogP contribution in [0.5, 0.6) is 0 Å². The Hall–Kier alpha value is -3.21. The van der Waals surface area contributed by atoms with Crippen molar-refractivity contribution in [3.05, 3.63) is 78.8 Å². The van der Waals surface area contributed by atoms with Crippen molar-refractivity contribution in [2.45, 2.75) is 60.8 Å². The molecule has 2 aromatic rings. The molecule has 1 atom stereocenters. The first-order valence-electron chi connectivity index (χ1n) is 11.2. The highest BCUT2D eigenvalue weighted by Gasteiger charge is 2.12. The zero-order valence-electron chi connectivity index (χ0n) is 20.3. The molecule has 1 aromatic carbocycles. The Morgan fingerprint density at radius 1 is 1.19 bits per heavy atom. The molecule has 0 amide bonds. The second kappa shape index (κ2) is 17.5. The molecule has 0 radical (unpaired) electrons. The number of hydrogen-bond donors (Lipinski definition) is 1. The topological polar surface area (TPSA) is 76.2 Å². The number of benzene rings is 1. The maximum absolute atomic E-state index is 11.1. The predicted octanol–water partition coefficient (Wildman–Crippen LogP) is 8.00. The average molecular weight is 439 g/mol. The summed E-state index contributed by atoms with van der Waals surface area (Å²) in [4.78, 5) is 11.1. The number of nitrogens with zero attached hydrogens (tertiary/aromatic N) is 2. The van der Waals surface area contributed by atoms with E-state index in [1.807, 2.05) is 39.8 Å². The third-order valence-corrected chi connectivity index (χ3v) is 4.21. The molecule has 1 unspecified atom stereocenters. The van der Waals surface area contributed by atoms with E-state index in [1.165, 1.54) is 12.1 Å². The highest BCUT2D eigenvalue weighted by Crippen LogP contribution is 2.23. The smallest absolute Gasteiger partial charge is 0.335 e. The molecule has 0 saturated heterocycles. The van der Waals surface area contributed by atoms with E-state index in [2.05, 4.69) is 54.9 Å². The standard InChI is InChI=1S/C20H22N2O3.C5H10.C2H6/c1-4-6-8-15(5-2)12-11-14(3)18-21-22-19(25-18)16-9-7-10-17(13-16)20(23)24;1-3-5-4-2;1-2/h5-11,13,15H,2,4,12H2,1,3H3,(H,23,24);3,5H,4H2,1-2H3;1-2H3/b8-6+,14-11+;5-3-;. The van der Waals surface area contributed by atoms with Gasteiger partial charge in [-0.05, 0) is 57.2 Å². The molecule has 1 heterocycles. The lowest BCUT2D eigenvalue weighted by molar-refractivity contribution is 0.0697. The van der Waals surface area contributed by atoms with Gasteiger partial charge in [0.05, 0.1) is 5.56 Å². The van der Waals surface area contributed by atoms with Gasteiger partial charge in [0.15, 0.2) is 0 Å². The Kier molecular flexibility index (Phi) is 15.7. The van der Waals surface area contributed by atoms with Gasteiger partial charge in [0.25, 0.3) is 0 Å². The quantitative estimate of drug-likeness (QED) is 0.401. The van der Waals surface area contributed by atoms with Crippen LogP contribution < -0.4 is 0 Å². The summed E-state index contributed by atoms with van der Waals surface area (Å²) >= 11 is 0. The first-order valence-corrected chi connectivity index (χ1v) is 11.2. The average Bonchev–Trinajstić information content (AvgIpc) is 3.32. The van der Waals surface area contributed by atoms with Gasteiger partial charge in [-0.15, -0.1) is 16.8 Å². The summed E-state index contributed by atoms with van der Waals surface area (Å²) in [5, 5.41) is 17.1. The van der Waals surface area contributed by atoms with Crippen LogP contribution in [0.15, 0.2) is 71.7 Å². The van der Waals surface area contributed by atoms with Crippen molar-refractivity contribution in [2.24, 2.45) is 5.92 Å². The fraction of sp³-hybridized carbons (Fsp3) is 0.370. The first-order chi connectivity index (χ1) is 15.5. The molecule has 32 heavy (non-hydrogen) atoms. The largest absolute Gasteiger partial charge is 0.478 e. The molecule has 5 heteroatoms. The molecular formula is C27H38N2O3. The van der Waals surface area contributed by atoms with Crippen molar-refractivity contribution in [1.82, 2.24) is 10.2 Å². The molecule has 0 spiro atoms. The molecule has 5 nitrogen and oxygen atoms in total. The lowest BCUT2D eigenvalue weighted by Crippen LogP contribution is -1.95. The maximum Gasteiger partial charge on any atom is 0.335 e. The van der Waals surface area contributed by atoms with E-state index in [1.54, 1.807) is 12.1 Å². The Labute approximate surface area is 193 Å². The molecule has 0 fully saturated rings. The zero-order chi connectivity index (χ0) is 24.4. The van der Waals surface area contributed by atoms with Gasteiger partial charge in [-0.25, -0.2) is 4.79 Å². The van der Waals surface area contributed by atoms with Gasteiger partial charge in [-0.3, -0.25) is 0 Å². The van der Waals surface area contributed by atoms with Crippen LogP contribution >= 0.6 is 0 Å². The summed E-state index contributed by atoms with van der Waals surface area (Å²) in [6.45, 7) is 16.0. The summed E-state index contributed by atoms with van der Waals surface area (Å²) < 4.78 is 5.69. The molecule has 0 bridgehead atoms. The molecule has 174 valence electrons. The van der Waals surface area contributed by atoms with E-state index in [0.717, 1.165) is 24.8 Å². The minimum Gasteiger partial charge on any atom is -0.478 e. The van der Waals surface area contributed by atoms with Gasteiger partial charge in [0.2, 0.25) is 11.8 Å². The Morgan fingerprint density at radius 2 is 1.88 bits per heavy atom. The third kappa shape index (κ3) is 10.7. The third-order valence-electron chi connectivity index (χ3n) is 4.21. The van der Waals surface area contributed by atoms with Crippen LogP contribution in [0, 0.1) is 5.92 Å². The van der Waals surface area contributed by atoms with E-state index in [9.17, 15) is 4.79 Å². The van der Waals surface area contributed by atoms with Gasteiger partial charge in [-0.1, -0.05) is 70.2 Å². The number of aromatic nitrogens is 2. The lowest BCUT2D eigenvalue weighted by Gasteiger charge is -2.03. The highest BCUT2D eigenvalue weighted by molar-refractivity contribution is 5.88. The zero-order valence-corrected chi connectivity index (χ0v) is 20.3. The Balaban J connectivity index is 0.00000121. The summed E-state index contributed by atoms with van der Waals surface area (Å²) in [5.74, 6) is 0.00724. The SMILES string of the molecule is C/C=C\CC.C=CC(/C=C/CC)C/C=C(\C)c1nnc(-c2cccc(C(=O)O)c2)o1.CC. The Bertz CT molecular complexity index is 892. The number of carboxylic acid groups (broad SMARTS) is 1. The van der Waals surface area contributed by atoms with Gasteiger partial charge in [0.1, 0.15) is 0 Å². The number of aromatic carboxylic acids is 1. The van der Waals surface area contributed by atoms with Crippen LogP contribution in [0.1, 0.15) is 77.1 Å². The van der Waals surface area contributed by atoms with Gasteiger partial charge >= 0.3 is 5.97 Å². The van der Waals surface area contributed by atoms with Crippen molar-refractivity contribution in [2.75, 3.05) is 0 Å². The van der Waals surface area contributed by atoms with E-state index in [0.29, 0.717) is 17.3 Å². The minimum atomic E-state index is -0.992. The first kappa shape index (κ1) is 28.8. The van der Waals surface area contributed by atoms with Crippen LogP contribution in [0.3, 0.4) is 0 Å². The summed E-state index contributed by atoms with van der Waals surface area (Å²) in [6.07, 6.45) is 15.3. The van der Waals surface area contributed by atoms with E-state index >= 15 is 0 Å². The molecule has 0 aliphatic carbocycles.